The molecule has 1 rings (SSSR count). The third-order valence-corrected chi connectivity index (χ3v) is 2.41. The van der Waals surface area contributed by atoms with E-state index in [1.165, 1.54) is 5.56 Å². The molecule has 4 nitrogen and oxygen atoms in total. The van der Waals surface area contributed by atoms with Gasteiger partial charge in [0.2, 0.25) is 0 Å². The molecule has 1 aromatic carbocycles. The summed E-state index contributed by atoms with van der Waals surface area (Å²) in [7, 11) is 0. The number of hydrogen-bond donors (Lipinski definition) is 0. The summed E-state index contributed by atoms with van der Waals surface area (Å²) < 4.78 is 15.7. The van der Waals surface area contributed by atoms with E-state index >= 15 is 0 Å². The molecule has 0 aromatic heterocycles. The maximum Gasteiger partial charge on any atom is 0.330 e. The van der Waals surface area contributed by atoms with Crippen molar-refractivity contribution >= 4 is 5.97 Å². The second-order valence-corrected chi connectivity index (χ2v) is 4.11. The summed E-state index contributed by atoms with van der Waals surface area (Å²) in [5.74, 6) is -0.447. The van der Waals surface area contributed by atoms with Crippen LogP contribution < -0.4 is 0 Å². The van der Waals surface area contributed by atoms with Crippen LogP contribution in [-0.4, -0.2) is 25.5 Å². The first-order valence-corrected chi connectivity index (χ1v) is 6.19. The van der Waals surface area contributed by atoms with Crippen LogP contribution in [0.15, 0.2) is 36.9 Å². The Morgan fingerprint density at radius 3 is 2.84 bits per heavy atom. The van der Waals surface area contributed by atoms with Gasteiger partial charge in [0.05, 0.1) is 13.2 Å². The number of carbonyl (C=O) groups excluding carboxylic acids is 1. The normalized spacial score (nSPS) is 11.9. The molecule has 0 saturated carbocycles. The first kappa shape index (κ1) is 15.4. The van der Waals surface area contributed by atoms with Crippen LogP contribution in [0.5, 0.6) is 0 Å². The summed E-state index contributed by atoms with van der Waals surface area (Å²) in [6, 6.07) is 8.11. The van der Waals surface area contributed by atoms with Gasteiger partial charge in [-0.1, -0.05) is 36.4 Å². The molecule has 4 heteroatoms. The zero-order valence-corrected chi connectivity index (χ0v) is 11.4. The van der Waals surface area contributed by atoms with Gasteiger partial charge in [0.15, 0.2) is 6.29 Å². The minimum absolute atomic E-state index is 0.197. The number of hydrogen-bond acceptors (Lipinski definition) is 4. The molecule has 1 aromatic rings. The van der Waals surface area contributed by atoms with Gasteiger partial charge >= 0.3 is 5.97 Å². The maximum absolute atomic E-state index is 10.8. The van der Waals surface area contributed by atoms with Gasteiger partial charge in [-0.3, -0.25) is 0 Å². The summed E-state index contributed by atoms with van der Waals surface area (Å²) in [4.78, 5) is 10.8. The average molecular weight is 264 g/mol. The van der Waals surface area contributed by atoms with Gasteiger partial charge in [0.25, 0.3) is 0 Å². The topological polar surface area (TPSA) is 44.8 Å². The summed E-state index contributed by atoms with van der Waals surface area (Å²) in [6.45, 7) is 8.15. The van der Waals surface area contributed by atoms with E-state index in [4.69, 9.17) is 14.2 Å². The molecule has 0 N–H and O–H groups in total. The molecule has 0 amide bonds. The van der Waals surface area contributed by atoms with Gasteiger partial charge in [-0.25, -0.2) is 4.79 Å². The van der Waals surface area contributed by atoms with Crippen molar-refractivity contribution < 1.29 is 19.0 Å². The van der Waals surface area contributed by atoms with Crippen LogP contribution in [0.25, 0.3) is 0 Å². The van der Waals surface area contributed by atoms with Crippen LogP contribution in [-0.2, 0) is 25.6 Å². The van der Waals surface area contributed by atoms with E-state index in [0.29, 0.717) is 13.2 Å². The number of esters is 1. The fraction of sp³-hybridized carbons (Fsp3) is 0.400. The highest BCUT2D eigenvalue weighted by Gasteiger charge is 2.03. The lowest BCUT2D eigenvalue weighted by molar-refractivity contribution is -0.156. The molecule has 0 spiro atoms. The predicted molar refractivity (Wildman–Crippen MR) is 72.5 cm³/mol. The SMILES string of the molecule is C=CC(=O)OCCOC(C)OCc1cccc(C)c1. The molecule has 0 aliphatic rings. The zero-order valence-electron chi connectivity index (χ0n) is 11.4. The standard InChI is InChI=1S/C15H20O4/c1-4-15(16)18-9-8-17-13(3)19-11-14-7-5-6-12(2)10-14/h4-7,10,13H,1,8-9,11H2,2-3H3. The van der Waals surface area contributed by atoms with Gasteiger partial charge in [-0.05, 0) is 19.4 Å². The fourth-order valence-corrected chi connectivity index (χ4v) is 1.48. The Bertz CT molecular complexity index is 414. The van der Waals surface area contributed by atoms with E-state index in [-0.39, 0.29) is 12.9 Å². The zero-order chi connectivity index (χ0) is 14.1. The van der Waals surface area contributed by atoms with Crippen molar-refractivity contribution in [2.45, 2.75) is 26.7 Å². The molecule has 0 saturated heterocycles. The minimum atomic E-state index is -0.447. The highest BCUT2D eigenvalue weighted by Crippen LogP contribution is 2.07. The van der Waals surface area contributed by atoms with Crippen LogP contribution in [0.1, 0.15) is 18.1 Å². The van der Waals surface area contributed by atoms with E-state index in [0.717, 1.165) is 11.6 Å². The first-order valence-electron chi connectivity index (χ1n) is 6.19. The van der Waals surface area contributed by atoms with E-state index in [9.17, 15) is 4.79 Å². The van der Waals surface area contributed by atoms with Crippen molar-refractivity contribution in [1.82, 2.24) is 0 Å². The van der Waals surface area contributed by atoms with Crippen molar-refractivity contribution in [3.05, 3.63) is 48.0 Å². The summed E-state index contributed by atoms with van der Waals surface area (Å²) in [5.41, 5.74) is 2.31. The van der Waals surface area contributed by atoms with Gasteiger partial charge in [0, 0.05) is 6.08 Å². The number of aryl methyl sites for hydroxylation is 1. The third-order valence-electron chi connectivity index (χ3n) is 2.41. The quantitative estimate of drug-likeness (QED) is 0.313. The summed E-state index contributed by atoms with van der Waals surface area (Å²) in [5, 5.41) is 0. The van der Waals surface area contributed by atoms with E-state index in [2.05, 4.69) is 12.6 Å². The molecule has 0 radical (unpaired) electrons. The Hall–Kier alpha value is -1.65. The molecule has 1 unspecified atom stereocenters. The van der Waals surface area contributed by atoms with E-state index in [1.807, 2.05) is 32.0 Å². The Balaban J connectivity index is 2.16. The largest absolute Gasteiger partial charge is 0.460 e. The maximum atomic E-state index is 10.8. The number of benzene rings is 1. The van der Waals surface area contributed by atoms with Gasteiger partial charge in [-0.15, -0.1) is 0 Å². The van der Waals surface area contributed by atoms with Crippen molar-refractivity contribution in [3.63, 3.8) is 0 Å². The lowest BCUT2D eigenvalue weighted by Gasteiger charge is -2.14. The van der Waals surface area contributed by atoms with Crippen molar-refractivity contribution in [1.29, 1.82) is 0 Å². The molecular weight excluding hydrogens is 244 g/mol. The molecule has 0 fully saturated rings. The second-order valence-electron chi connectivity index (χ2n) is 4.11. The molecular formula is C15H20O4. The number of carbonyl (C=O) groups is 1. The van der Waals surface area contributed by atoms with E-state index in [1.54, 1.807) is 0 Å². The predicted octanol–water partition coefficient (Wildman–Crippen LogP) is 2.60. The van der Waals surface area contributed by atoms with Crippen LogP contribution in [0.3, 0.4) is 0 Å². The summed E-state index contributed by atoms with van der Waals surface area (Å²) >= 11 is 0. The second kappa shape index (κ2) is 8.45. The van der Waals surface area contributed by atoms with Crippen LogP contribution in [0.4, 0.5) is 0 Å². The van der Waals surface area contributed by atoms with Crippen molar-refractivity contribution in [2.75, 3.05) is 13.2 Å². The Morgan fingerprint density at radius 1 is 1.37 bits per heavy atom. The van der Waals surface area contributed by atoms with Crippen LogP contribution in [0, 0.1) is 6.92 Å². The lowest BCUT2D eigenvalue weighted by Crippen LogP contribution is -2.17. The molecule has 19 heavy (non-hydrogen) atoms. The van der Waals surface area contributed by atoms with E-state index < -0.39 is 5.97 Å². The number of rotatable bonds is 8. The van der Waals surface area contributed by atoms with Gasteiger partial charge in [0.1, 0.15) is 6.61 Å². The van der Waals surface area contributed by atoms with Gasteiger partial charge in [-0.2, -0.15) is 0 Å². The molecule has 104 valence electrons. The smallest absolute Gasteiger partial charge is 0.330 e. The van der Waals surface area contributed by atoms with Gasteiger partial charge < -0.3 is 14.2 Å². The monoisotopic (exact) mass is 264 g/mol. The summed E-state index contributed by atoms with van der Waals surface area (Å²) in [6.07, 6.45) is 0.778. The average Bonchev–Trinajstić information content (AvgIpc) is 2.41. The fourth-order valence-electron chi connectivity index (χ4n) is 1.48. The highest BCUT2D eigenvalue weighted by molar-refractivity contribution is 5.81. The molecule has 0 aliphatic heterocycles. The van der Waals surface area contributed by atoms with Crippen LogP contribution >= 0.6 is 0 Å². The van der Waals surface area contributed by atoms with Crippen LogP contribution in [0.2, 0.25) is 0 Å². The Kier molecular flexibility index (Phi) is 6.85. The Labute approximate surface area is 114 Å². The first-order chi connectivity index (χ1) is 9.11. The molecule has 0 heterocycles. The third kappa shape index (κ3) is 6.74. The minimum Gasteiger partial charge on any atom is -0.460 e. The molecule has 0 aliphatic carbocycles. The highest BCUT2D eigenvalue weighted by atomic mass is 16.7. The number of ether oxygens (including phenoxy) is 3. The lowest BCUT2D eigenvalue weighted by atomic mass is 10.1. The van der Waals surface area contributed by atoms with Crippen molar-refractivity contribution in [3.8, 4) is 0 Å². The van der Waals surface area contributed by atoms with Crippen molar-refractivity contribution in [2.24, 2.45) is 0 Å². The molecule has 0 bridgehead atoms. The Morgan fingerprint density at radius 2 is 2.16 bits per heavy atom. The molecule has 1 atom stereocenters.